The Hall–Kier alpha value is -1.91. The van der Waals surface area contributed by atoms with Crippen LogP contribution in [0.4, 0.5) is 14.6 Å². The van der Waals surface area contributed by atoms with Gasteiger partial charge in [0.15, 0.2) is 6.10 Å². The topological polar surface area (TPSA) is 114 Å². The fourth-order valence-electron chi connectivity index (χ4n) is 3.11. The van der Waals surface area contributed by atoms with Gasteiger partial charge in [-0.1, -0.05) is 26.7 Å². The van der Waals surface area contributed by atoms with Crippen LogP contribution in [0, 0.1) is 5.92 Å². The van der Waals surface area contributed by atoms with Crippen molar-refractivity contribution in [3.63, 3.8) is 0 Å². The molecular weight excluding hydrogens is 364 g/mol. The van der Waals surface area contributed by atoms with Gasteiger partial charge in [0.2, 0.25) is 12.1 Å². The summed E-state index contributed by atoms with van der Waals surface area (Å²) in [7, 11) is 0. The van der Waals surface area contributed by atoms with E-state index in [2.05, 4.69) is 10.3 Å². The highest BCUT2D eigenvalue weighted by atomic mass is 19.3. The largest absolute Gasteiger partial charge is 0.394 e. The number of carbonyl (C=O) groups excluding carboxylic acids is 1. The Morgan fingerprint density at radius 1 is 1.41 bits per heavy atom. The van der Waals surface area contributed by atoms with Gasteiger partial charge in [-0.3, -0.25) is 9.36 Å². The van der Waals surface area contributed by atoms with Crippen molar-refractivity contribution in [1.29, 1.82) is 0 Å². The van der Waals surface area contributed by atoms with Gasteiger partial charge in [0, 0.05) is 12.1 Å². The van der Waals surface area contributed by atoms with Gasteiger partial charge in [-0.15, -0.1) is 0 Å². The van der Waals surface area contributed by atoms with E-state index in [0.717, 1.165) is 19.0 Å². The lowest BCUT2D eigenvalue weighted by Gasteiger charge is -2.21. The molecule has 10 heteroatoms. The summed E-state index contributed by atoms with van der Waals surface area (Å²) in [6.07, 6.45) is -1.79. The highest BCUT2D eigenvalue weighted by Gasteiger charge is 2.59. The molecule has 27 heavy (non-hydrogen) atoms. The normalized spacial score (nSPS) is 24.3. The molecule has 1 aromatic rings. The first-order valence-corrected chi connectivity index (χ1v) is 8.98. The number of amides is 1. The number of anilines is 1. The van der Waals surface area contributed by atoms with Crippen molar-refractivity contribution in [2.45, 2.75) is 63.9 Å². The molecule has 0 unspecified atom stereocenters. The van der Waals surface area contributed by atoms with Gasteiger partial charge in [0.25, 0.3) is 0 Å². The molecule has 1 saturated heterocycles. The van der Waals surface area contributed by atoms with Gasteiger partial charge >= 0.3 is 11.6 Å². The third kappa shape index (κ3) is 4.50. The van der Waals surface area contributed by atoms with E-state index in [1.807, 2.05) is 13.8 Å². The molecule has 1 aromatic heterocycles. The maximum Gasteiger partial charge on any atom is 0.351 e. The number of alkyl halides is 2. The number of aliphatic hydroxyl groups excluding tert-OH is 2. The molecule has 152 valence electrons. The van der Waals surface area contributed by atoms with Crippen molar-refractivity contribution in [1.82, 2.24) is 9.55 Å². The Balaban J connectivity index is 2.18. The van der Waals surface area contributed by atoms with Crippen LogP contribution in [0.3, 0.4) is 0 Å². The van der Waals surface area contributed by atoms with E-state index in [9.17, 15) is 23.5 Å². The number of nitrogens with one attached hydrogen (secondary N) is 1. The van der Waals surface area contributed by atoms with Crippen LogP contribution in [0.25, 0.3) is 0 Å². The number of carbonyl (C=O) groups is 1. The smallest absolute Gasteiger partial charge is 0.351 e. The molecule has 0 bridgehead atoms. The van der Waals surface area contributed by atoms with E-state index in [4.69, 9.17) is 9.84 Å². The molecule has 1 fully saturated rings. The minimum Gasteiger partial charge on any atom is -0.394 e. The van der Waals surface area contributed by atoms with E-state index < -0.39 is 36.7 Å². The highest BCUT2D eigenvalue weighted by molar-refractivity contribution is 5.91. The number of hydrogen-bond acceptors (Lipinski definition) is 6. The van der Waals surface area contributed by atoms with Gasteiger partial charge in [-0.25, -0.2) is 4.79 Å². The summed E-state index contributed by atoms with van der Waals surface area (Å²) in [4.78, 5) is 28.1. The van der Waals surface area contributed by atoms with E-state index in [1.54, 1.807) is 0 Å². The van der Waals surface area contributed by atoms with Crippen molar-refractivity contribution in [2.24, 2.45) is 5.92 Å². The molecule has 0 aliphatic carbocycles. The average molecular weight is 389 g/mol. The Kier molecular flexibility index (Phi) is 7.01. The summed E-state index contributed by atoms with van der Waals surface area (Å²) in [6.45, 7) is 3.11. The molecular formula is C17H25F2N3O5. The minimum absolute atomic E-state index is 0.0426. The lowest BCUT2D eigenvalue weighted by molar-refractivity contribution is -0.141. The standard InChI is InChI=1S/C17H25F2N3O5/c1-3-5-10(6-4-2)14(25)20-12-7-8-22(16(26)21-12)15-17(18,19)13(24)11(9-23)27-15/h7-8,10-11,13,15,23-24H,3-6,9H2,1-2H3,(H,20,21,25,26)/t11-,13-,15-/m1/s1. The third-order valence-electron chi connectivity index (χ3n) is 4.54. The third-order valence-corrected chi connectivity index (χ3v) is 4.54. The second-order valence-electron chi connectivity index (χ2n) is 6.59. The molecule has 1 aliphatic rings. The molecule has 0 aromatic carbocycles. The minimum atomic E-state index is -3.78. The first-order chi connectivity index (χ1) is 12.8. The molecule has 1 amide bonds. The predicted molar refractivity (Wildman–Crippen MR) is 92.4 cm³/mol. The number of halogens is 2. The van der Waals surface area contributed by atoms with Gasteiger partial charge in [-0.2, -0.15) is 13.8 Å². The zero-order valence-electron chi connectivity index (χ0n) is 15.3. The molecule has 0 spiro atoms. The summed E-state index contributed by atoms with van der Waals surface area (Å²) in [5, 5.41) is 21.1. The summed E-state index contributed by atoms with van der Waals surface area (Å²) >= 11 is 0. The lowest BCUT2D eigenvalue weighted by Crippen LogP contribution is -2.41. The lowest BCUT2D eigenvalue weighted by atomic mass is 9.97. The average Bonchev–Trinajstić information content (AvgIpc) is 2.84. The van der Waals surface area contributed by atoms with Crippen LogP contribution in [0.1, 0.15) is 45.8 Å². The highest BCUT2D eigenvalue weighted by Crippen LogP contribution is 2.41. The van der Waals surface area contributed by atoms with Crippen LogP contribution in [0.5, 0.6) is 0 Å². The second-order valence-corrected chi connectivity index (χ2v) is 6.59. The van der Waals surface area contributed by atoms with Crippen LogP contribution in [-0.4, -0.2) is 50.4 Å². The predicted octanol–water partition coefficient (Wildman–Crippen LogP) is 1.28. The number of ether oxygens (including phenoxy) is 1. The molecule has 1 aliphatic heterocycles. The van der Waals surface area contributed by atoms with Gasteiger partial charge < -0.3 is 20.3 Å². The second kappa shape index (κ2) is 8.85. The Morgan fingerprint density at radius 2 is 2.04 bits per heavy atom. The maximum absolute atomic E-state index is 14.1. The van der Waals surface area contributed by atoms with Crippen LogP contribution in [0.15, 0.2) is 17.1 Å². The van der Waals surface area contributed by atoms with Gasteiger partial charge in [0.05, 0.1) is 6.61 Å². The monoisotopic (exact) mass is 389 g/mol. The SMILES string of the molecule is CCCC(CCC)C(=O)Nc1ccn([C@@H]2O[C@H](CO)[C@@H](O)C2(F)F)c(=O)n1. The molecule has 2 rings (SSSR count). The summed E-state index contributed by atoms with van der Waals surface area (Å²) < 4.78 is 33.7. The number of nitrogens with zero attached hydrogens (tertiary/aromatic N) is 2. The summed E-state index contributed by atoms with van der Waals surface area (Å²) in [5.74, 6) is -4.32. The molecule has 3 atom stereocenters. The van der Waals surface area contributed by atoms with E-state index in [0.29, 0.717) is 17.4 Å². The number of rotatable bonds is 8. The van der Waals surface area contributed by atoms with E-state index in [1.165, 1.54) is 6.07 Å². The summed E-state index contributed by atoms with van der Waals surface area (Å²) in [6, 6.07) is 1.21. The zero-order chi connectivity index (χ0) is 20.2. The van der Waals surface area contributed by atoms with Crippen molar-refractivity contribution < 1.29 is 28.5 Å². The maximum atomic E-state index is 14.1. The zero-order valence-corrected chi connectivity index (χ0v) is 15.3. The van der Waals surface area contributed by atoms with Crippen molar-refractivity contribution >= 4 is 11.7 Å². The quantitative estimate of drug-likeness (QED) is 0.617. The molecule has 3 N–H and O–H groups in total. The molecule has 8 nitrogen and oxygen atoms in total. The molecule has 0 saturated carbocycles. The fourth-order valence-corrected chi connectivity index (χ4v) is 3.11. The van der Waals surface area contributed by atoms with Gasteiger partial charge in [0.1, 0.15) is 11.9 Å². The number of hydrogen-bond donors (Lipinski definition) is 3. The van der Waals surface area contributed by atoms with E-state index >= 15 is 0 Å². The van der Waals surface area contributed by atoms with E-state index in [-0.39, 0.29) is 17.6 Å². The Bertz CT molecular complexity index is 706. The van der Waals surface area contributed by atoms with Crippen LogP contribution in [-0.2, 0) is 9.53 Å². The Morgan fingerprint density at radius 3 is 2.52 bits per heavy atom. The number of aliphatic hydroxyl groups is 2. The number of aromatic nitrogens is 2. The van der Waals surface area contributed by atoms with Crippen molar-refractivity contribution in [3.8, 4) is 0 Å². The molecule has 2 heterocycles. The Labute approximate surface area is 155 Å². The summed E-state index contributed by atoms with van der Waals surface area (Å²) in [5.41, 5.74) is -1.06. The fraction of sp³-hybridized carbons (Fsp3) is 0.706. The van der Waals surface area contributed by atoms with Crippen LogP contribution < -0.4 is 11.0 Å². The van der Waals surface area contributed by atoms with Gasteiger partial charge in [-0.05, 0) is 18.9 Å². The molecule has 0 radical (unpaired) electrons. The van der Waals surface area contributed by atoms with Crippen LogP contribution >= 0.6 is 0 Å². The van der Waals surface area contributed by atoms with Crippen molar-refractivity contribution in [3.05, 3.63) is 22.7 Å². The van der Waals surface area contributed by atoms with Crippen LogP contribution in [0.2, 0.25) is 0 Å². The van der Waals surface area contributed by atoms with Crippen molar-refractivity contribution in [2.75, 3.05) is 11.9 Å². The first kappa shape index (κ1) is 21.4. The first-order valence-electron chi connectivity index (χ1n) is 8.98.